The Morgan fingerprint density at radius 1 is 1.20 bits per heavy atom. The number of methoxy groups -OCH3 is 1. The second-order valence-electron chi connectivity index (χ2n) is 6.86. The minimum absolute atomic E-state index is 0.0797. The van der Waals surface area contributed by atoms with Crippen LogP contribution < -0.4 is 0 Å². The maximum atomic E-state index is 11.8. The summed E-state index contributed by atoms with van der Waals surface area (Å²) in [5.41, 5.74) is -1.06. The van der Waals surface area contributed by atoms with Gasteiger partial charge in [-0.1, -0.05) is 13.8 Å². The first-order valence-corrected chi connectivity index (χ1v) is 6.72. The number of amides is 1. The van der Waals surface area contributed by atoms with Crippen LogP contribution in [0.1, 0.15) is 34.6 Å². The molecule has 0 saturated carbocycles. The summed E-state index contributed by atoms with van der Waals surface area (Å²) in [4.78, 5) is 24.6. The molecule has 6 heteroatoms. The van der Waals surface area contributed by atoms with Crippen LogP contribution in [0.2, 0.25) is 0 Å². The molecule has 1 rings (SSSR count). The number of aliphatic carboxylic acids is 1. The number of hydrogen-bond donors (Lipinski definition) is 1. The molecule has 1 saturated heterocycles. The van der Waals surface area contributed by atoms with E-state index in [1.54, 1.807) is 4.90 Å². The van der Waals surface area contributed by atoms with E-state index < -0.39 is 23.1 Å². The van der Waals surface area contributed by atoms with E-state index in [0.29, 0.717) is 13.1 Å². The van der Waals surface area contributed by atoms with E-state index in [1.165, 1.54) is 7.11 Å². The number of rotatable bonds is 4. The molecule has 20 heavy (non-hydrogen) atoms. The summed E-state index contributed by atoms with van der Waals surface area (Å²) in [5, 5.41) is 9.18. The molecule has 1 aliphatic rings. The van der Waals surface area contributed by atoms with Gasteiger partial charge in [-0.25, -0.2) is 9.59 Å². The largest absolute Gasteiger partial charge is 0.479 e. The zero-order valence-corrected chi connectivity index (χ0v) is 13.1. The van der Waals surface area contributed by atoms with Gasteiger partial charge in [-0.15, -0.1) is 0 Å². The molecule has 1 aliphatic heterocycles. The highest BCUT2D eigenvalue weighted by Crippen LogP contribution is 2.39. The zero-order valence-electron chi connectivity index (χ0n) is 13.1. The number of ether oxygens (including phenoxy) is 2. The molecule has 0 aromatic heterocycles. The van der Waals surface area contributed by atoms with Gasteiger partial charge in [0, 0.05) is 31.5 Å². The molecule has 1 fully saturated rings. The van der Waals surface area contributed by atoms with Gasteiger partial charge in [0.15, 0.2) is 6.10 Å². The van der Waals surface area contributed by atoms with E-state index in [-0.39, 0.29) is 12.0 Å². The third kappa shape index (κ3) is 3.62. The summed E-state index contributed by atoms with van der Waals surface area (Å²) < 4.78 is 10.4. The van der Waals surface area contributed by atoms with Crippen LogP contribution in [0.25, 0.3) is 0 Å². The van der Waals surface area contributed by atoms with Crippen LogP contribution >= 0.6 is 0 Å². The normalized spacial score (nSPS) is 18.4. The molecule has 1 amide bonds. The molecule has 1 unspecified atom stereocenters. The number of nitrogens with zero attached hydrogens (tertiary/aromatic N) is 1. The van der Waals surface area contributed by atoms with Crippen LogP contribution in [0, 0.1) is 11.3 Å². The monoisotopic (exact) mass is 287 g/mol. The van der Waals surface area contributed by atoms with Gasteiger partial charge < -0.3 is 19.5 Å². The number of carbonyl (C=O) groups is 2. The fraction of sp³-hybridized carbons (Fsp3) is 0.857. The lowest BCUT2D eigenvalue weighted by atomic mass is 9.70. The topological polar surface area (TPSA) is 76.1 Å². The molecule has 6 nitrogen and oxygen atoms in total. The van der Waals surface area contributed by atoms with Crippen molar-refractivity contribution in [1.82, 2.24) is 4.90 Å². The van der Waals surface area contributed by atoms with Gasteiger partial charge in [-0.3, -0.25) is 0 Å². The number of hydrogen-bond acceptors (Lipinski definition) is 4. The molecule has 0 bridgehead atoms. The van der Waals surface area contributed by atoms with Gasteiger partial charge in [0.1, 0.15) is 5.60 Å². The Labute approximate surface area is 120 Å². The average molecular weight is 287 g/mol. The predicted octanol–water partition coefficient (Wildman–Crippen LogP) is 1.98. The molecule has 0 radical (unpaired) electrons. The smallest absolute Gasteiger partial charge is 0.410 e. The van der Waals surface area contributed by atoms with Gasteiger partial charge in [0.2, 0.25) is 0 Å². The molecule has 0 aromatic carbocycles. The van der Waals surface area contributed by atoms with Crippen molar-refractivity contribution in [2.75, 3.05) is 20.2 Å². The maximum absolute atomic E-state index is 11.8. The highest BCUT2D eigenvalue weighted by molar-refractivity contribution is 5.74. The Morgan fingerprint density at radius 3 is 2.05 bits per heavy atom. The lowest BCUT2D eigenvalue weighted by Gasteiger charge is -2.48. The van der Waals surface area contributed by atoms with Crippen LogP contribution in [0.15, 0.2) is 0 Å². The molecular formula is C14H25NO5. The Balaban J connectivity index is 2.59. The van der Waals surface area contributed by atoms with Crippen molar-refractivity contribution in [3.05, 3.63) is 0 Å². The predicted molar refractivity (Wildman–Crippen MR) is 73.5 cm³/mol. The summed E-state index contributed by atoms with van der Waals surface area (Å²) in [7, 11) is 1.39. The highest BCUT2D eigenvalue weighted by Gasteiger charge is 2.48. The highest BCUT2D eigenvalue weighted by atomic mass is 16.6. The standard InChI is InChI=1S/C14H25NO5/c1-13(2,3)20-12(18)15-7-9(8-15)14(4,5)10(19-6)11(16)17/h9-10H,7-8H2,1-6H3,(H,16,17). The Hall–Kier alpha value is -1.30. The molecule has 0 spiro atoms. The van der Waals surface area contributed by atoms with E-state index in [1.807, 2.05) is 34.6 Å². The Bertz CT molecular complexity index is 380. The van der Waals surface area contributed by atoms with Gasteiger partial charge in [-0.2, -0.15) is 0 Å². The van der Waals surface area contributed by atoms with Gasteiger partial charge in [0.05, 0.1) is 0 Å². The lowest BCUT2D eigenvalue weighted by Crippen LogP contribution is -2.60. The molecule has 1 N–H and O–H groups in total. The van der Waals surface area contributed by atoms with Crippen LogP contribution in [0.5, 0.6) is 0 Å². The van der Waals surface area contributed by atoms with E-state index in [9.17, 15) is 14.7 Å². The van der Waals surface area contributed by atoms with Crippen molar-refractivity contribution in [1.29, 1.82) is 0 Å². The molecule has 0 aromatic rings. The SMILES string of the molecule is COC(C(=O)O)C(C)(C)C1CN(C(=O)OC(C)(C)C)C1. The first-order chi connectivity index (χ1) is 8.99. The minimum atomic E-state index is -0.979. The summed E-state index contributed by atoms with van der Waals surface area (Å²) in [5.74, 6) is -0.899. The van der Waals surface area contributed by atoms with Crippen molar-refractivity contribution in [2.24, 2.45) is 11.3 Å². The Morgan fingerprint density at radius 2 is 1.70 bits per heavy atom. The lowest BCUT2D eigenvalue weighted by molar-refractivity contribution is -0.162. The van der Waals surface area contributed by atoms with Crippen LogP contribution in [-0.4, -0.2) is 54.0 Å². The van der Waals surface area contributed by atoms with Gasteiger partial charge in [0.25, 0.3) is 0 Å². The van der Waals surface area contributed by atoms with Crippen molar-refractivity contribution in [3.8, 4) is 0 Å². The number of carboxylic acids is 1. The van der Waals surface area contributed by atoms with E-state index in [0.717, 1.165) is 0 Å². The first-order valence-electron chi connectivity index (χ1n) is 6.72. The van der Waals surface area contributed by atoms with Gasteiger partial charge in [-0.05, 0) is 20.8 Å². The van der Waals surface area contributed by atoms with Crippen LogP contribution in [0.3, 0.4) is 0 Å². The van der Waals surface area contributed by atoms with E-state index >= 15 is 0 Å². The van der Waals surface area contributed by atoms with Crippen molar-refractivity contribution < 1.29 is 24.2 Å². The second-order valence-corrected chi connectivity index (χ2v) is 6.86. The third-order valence-electron chi connectivity index (χ3n) is 3.72. The molecule has 116 valence electrons. The Kier molecular flexibility index (Phi) is 4.69. The number of carbonyl (C=O) groups excluding carboxylic acids is 1. The first kappa shape index (κ1) is 16.8. The summed E-state index contributed by atoms with van der Waals surface area (Å²) in [6.45, 7) is 10.1. The third-order valence-corrected chi connectivity index (χ3v) is 3.72. The quantitative estimate of drug-likeness (QED) is 0.855. The second kappa shape index (κ2) is 5.60. The summed E-state index contributed by atoms with van der Waals surface area (Å²) in [6, 6.07) is 0. The van der Waals surface area contributed by atoms with Crippen LogP contribution in [0.4, 0.5) is 4.79 Å². The molecule has 1 heterocycles. The van der Waals surface area contributed by atoms with Crippen molar-refractivity contribution in [3.63, 3.8) is 0 Å². The molecule has 1 atom stereocenters. The average Bonchev–Trinajstić information content (AvgIpc) is 2.10. The van der Waals surface area contributed by atoms with E-state index in [4.69, 9.17) is 9.47 Å². The molecule has 0 aliphatic carbocycles. The fourth-order valence-corrected chi connectivity index (χ4v) is 2.36. The maximum Gasteiger partial charge on any atom is 0.410 e. The fourth-order valence-electron chi connectivity index (χ4n) is 2.36. The summed E-state index contributed by atoms with van der Waals surface area (Å²) in [6.07, 6.45) is -1.23. The van der Waals surface area contributed by atoms with Crippen molar-refractivity contribution in [2.45, 2.75) is 46.3 Å². The number of carboxylic acid groups (broad SMARTS) is 1. The zero-order chi connectivity index (χ0) is 15.7. The van der Waals surface area contributed by atoms with Crippen molar-refractivity contribution >= 4 is 12.1 Å². The number of likely N-dealkylation sites (tertiary alicyclic amines) is 1. The molecular weight excluding hydrogens is 262 g/mol. The van der Waals surface area contributed by atoms with Crippen LogP contribution in [-0.2, 0) is 14.3 Å². The van der Waals surface area contributed by atoms with Gasteiger partial charge >= 0.3 is 12.1 Å². The minimum Gasteiger partial charge on any atom is -0.479 e. The van der Waals surface area contributed by atoms with E-state index in [2.05, 4.69) is 0 Å². The summed E-state index contributed by atoms with van der Waals surface area (Å²) >= 11 is 0.